The Bertz CT molecular complexity index is 563. The van der Waals surface area contributed by atoms with Crippen LogP contribution < -0.4 is 5.73 Å². The number of nitrogens with two attached hydrogens (primary N) is 1. The Hall–Kier alpha value is -1.20. The lowest BCUT2D eigenvalue weighted by Gasteiger charge is -2.05. The van der Waals surface area contributed by atoms with Crippen molar-refractivity contribution in [1.82, 2.24) is 4.98 Å². The number of nitrogens with zero attached hydrogens (tertiary/aromatic N) is 1. The molecule has 0 saturated heterocycles. The van der Waals surface area contributed by atoms with E-state index in [-0.39, 0.29) is 0 Å². The van der Waals surface area contributed by atoms with Gasteiger partial charge in [0, 0.05) is 11.1 Å². The number of anilines is 1. The molecule has 3 nitrogen and oxygen atoms in total. The van der Waals surface area contributed by atoms with Gasteiger partial charge < -0.3 is 5.73 Å². The Labute approximate surface area is 107 Å². The molecule has 17 heavy (non-hydrogen) atoms. The third kappa shape index (κ3) is 2.92. The monoisotopic (exact) mass is 266 g/mol. The number of aromatic nitrogens is 1. The van der Waals surface area contributed by atoms with Gasteiger partial charge in [0.05, 0.1) is 32.1 Å². The largest absolute Gasteiger partial charge is 0.398 e. The molecule has 0 radical (unpaired) electrons. The topological polar surface area (TPSA) is 56.0 Å². The van der Waals surface area contributed by atoms with Gasteiger partial charge in [-0.1, -0.05) is 6.07 Å². The maximum absolute atomic E-state index is 12.2. The highest BCUT2D eigenvalue weighted by Gasteiger charge is 2.10. The molecular weight excluding hydrogens is 252 g/mol. The van der Waals surface area contributed by atoms with Crippen LogP contribution in [0.25, 0.3) is 0 Å². The Kier molecular flexibility index (Phi) is 3.59. The molecule has 1 unspecified atom stereocenters. The SMILES string of the molecule is Cc1ccc(N)c(S(=O)Cc2csc(C)n2)c1. The van der Waals surface area contributed by atoms with Gasteiger partial charge in [0.15, 0.2) is 0 Å². The summed E-state index contributed by atoms with van der Waals surface area (Å²) in [5.41, 5.74) is 8.36. The van der Waals surface area contributed by atoms with Crippen LogP contribution >= 0.6 is 11.3 Å². The van der Waals surface area contributed by atoms with E-state index >= 15 is 0 Å². The van der Waals surface area contributed by atoms with Gasteiger partial charge in [-0.2, -0.15) is 0 Å². The summed E-state index contributed by atoms with van der Waals surface area (Å²) in [7, 11) is -1.12. The zero-order chi connectivity index (χ0) is 12.4. The van der Waals surface area contributed by atoms with Crippen molar-refractivity contribution in [3.05, 3.63) is 39.8 Å². The minimum Gasteiger partial charge on any atom is -0.398 e. The highest BCUT2D eigenvalue weighted by atomic mass is 32.2. The van der Waals surface area contributed by atoms with Crippen LogP contribution in [0, 0.1) is 13.8 Å². The first-order chi connectivity index (χ1) is 8.06. The van der Waals surface area contributed by atoms with Crippen molar-refractivity contribution in [3.63, 3.8) is 0 Å². The molecule has 1 atom stereocenters. The van der Waals surface area contributed by atoms with E-state index in [0.717, 1.165) is 16.3 Å². The highest BCUT2D eigenvalue weighted by molar-refractivity contribution is 7.84. The average molecular weight is 266 g/mol. The third-order valence-electron chi connectivity index (χ3n) is 2.36. The maximum atomic E-state index is 12.2. The van der Waals surface area contributed by atoms with Gasteiger partial charge in [-0.25, -0.2) is 4.98 Å². The smallest absolute Gasteiger partial charge is 0.0897 e. The lowest BCUT2D eigenvalue weighted by molar-refractivity contribution is 0.682. The first-order valence-corrected chi connectivity index (χ1v) is 7.41. The van der Waals surface area contributed by atoms with E-state index in [1.807, 2.05) is 31.4 Å². The molecule has 2 rings (SSSR count). The molecular formula is C12H14N2OS2. The summed E-state index contributed by atoms with van der Waals surface area (Å²) < 4.78 is 12.2. The fourth-order valence-electron chi connectivity index (χ4n) is 1.53. The van der Waals surface area contributed by atoms with E-state index in [2.05, 4.69) is 4.98 Å². The molecule has 1 heterocycles. The molecule has 0 fully saturated rings. The molecule has 0 spiro atoms. The van der Waals surface area contributed by atoms with Crippen molar-refractivity contribution >= 4 is 27.8 Å². The van der Waals surface area contributed by atoms with Crippen LogP contribution in [-0.4, -0.2) is 9.19 Å². The zero-order valence-electron chi connectivity index (χ0n) is 9.77. The molecule has 2 aromatic rings. The van der Waals surface area contributed by atoms with Crippen LogP contribution in [0.2, 0.25) is 0 Å². The zero-order valence-corrected chi connectivity index (χ0v) is 11.4. The second kappa shape index (κ2) is 4.98. The van der Waals surface area contributed by atoms with Crippen LogP contribution in [-0.2, 0) is 16.6 Å². The molecule has 0 saturated carbocycles. The molecule has 0 aliphatic carbocycles. The first-order valence-electron chi connectivity index (χ1n) is 5.22. The van der Waals surface area contributed by atoms with Crippen LogP contribution in [0.1, 0.15) is 16.3 Å². The fourth-order valence-corrected chi connectivity index (χ4v) is 3.46. The van der Waals surface area contributed by atoms with Crippen molar-refractivity contribution in [2.45, 2.75) is 24.5 Å². The van der Waals surface area contributed by atoms with Crippen molar-refractivity contribution in [3.8, 4) is 0 Å². The molecule has 2 N–H and O–H groups in total. The number of rotatable bonds is 3. The Morgan fingerprint density at radius 3 is 2.82 bits per heavy atom. The Morgan fingerprint density at radius 2 is 2.18 bits per heavy atom. The number of nitrogen functional groups attached to an aromatic ring is 1. The summed E-state index contributed by atoms with van der Waals surface area (Å²) in [4.78, 5) is 5.02. The third-order valence-corrected chi connectivity index (χ3v) is 4.58. The number of thiazole rings is 1. The predicted octanol–water partition coefficient (Wildman–Crippen LogP) is 2.65. The van der Waals surface area contributed by atoms with Crippen LogP contribution in [0.15, 0.2) is 28.5 Å². The van der Waals surface area contributed by atoms with Crippen molar-refractivity contribution in [2.75, 3.05) is 5.73 Å². The molecule has 1 aromatic carbocycles. The normalized spacial score (nSPS) is 12.6. The molecule has 90 valence electrons. The van der Waals surface area contributed by atoms with Gasteiger partial charge in [-0.15, -0.1) is 11.3 Å². The number of benzene rings is 1. The second-order valence-corrected chi connectivity index (χ2v) is 6.37. The van der Waals surface area contributed by atoms with Crippen molar-refractivity contribution in [1.29, 1.82) is 0 Å². The fraction of sp³-hybridized carbons (Fsp3) is 0.250. The summed E-state index contributed by atoms with van der Waals surface area (Å²) in [5.74, 6) is 0.429. The first kappa shape index (κ1) is 12.3. The van der Waals surface area contributed by atoms with Gasteiger partial charge in [0.2, 0.25) is 0 Å². The van der Waals surface area contributed by atoms with Gasteiger partial charge in [-0.05, 0) is 31.5 Å². The standard InChI is InChI=1S/C12H14N2OS2/c1-8-3-4-11(13)12(5-8)17(15)7-10-6-16-9(2)14-10/h3-6H,7,13H2,1-2H3. The van der Waals surface area contributed by atoms with E-state index in [9.17, 15) is 4.21 Å². The molecule has 1 aromatic heterocycles. The van der Waals surface area contributed by atoms with Crippen LogP contribution in [0.5, 0.6) is 0 Å². The Morgan fingerprint density at radius 1 is 1.41 bits per heavy atom. The van der Waals surface area contributed by atoms with E-state index in [4.69, 9.17) is 5.73 Å². The lowest BCUT2D eigenvalue weighted by Crippen LogP contribution is -2.01. The van der Waals surface area contributed by atoms with Crippen molar-refractivity contribution < 1.29 is 4.21 Å². The molecule has 0 bridgehead atoms. The van der Waals surface area contributed by atoms with Gasteiger partial charge in [0.25, 0.3) is 0 Å². The number of hydrogen-bond donors (Lipinski definition) is 1. The van der Waals surface area contributed by atoms with Gasteiger partial charge in [0.1, 0.15) is 0 Å². The van der Waals surface area contributed by atoms with Gasteiger partial charge in [-0.3, -0.25) is 4.21 Å². The number of hydrogen-bond acceptors (Lipinski definition) is 4. The molecule has 0 aliphatic rings. The van der Waals surface area contributed by atoms with E-state index in [1.54, 1.807) is 17.4 Å². The highest BCUT2D eigenvalue weighted by Crippen LogP contribution is 2.21. The predicted molar refractivity (Wildman–Crippen MR) is 72.6 cm³/mol. The quantitative estimate of drug-likeness (QED) is 0.869. The minimum atomic E-state index is -1.12. The molecule has 0 aliphatic heterocycles. The Balaban J connectivity index is 2.22. The van der Waals surface area contributed by atoms with E-state index < -0.39 is 10.8 Å². The van der Waals surface area contributed by atoms with E-state index in [1.165, 1.54) is 0 Å². The average Bonchev–Trinajstić information content (AvgIpc) is 2.67. The summed E-state index contributed by atoms with van der Waals surface area (Å²) >= 11 is 1.57. The number of aryl methyl sites for hydroxylation is 2. The maximum Gasteiger partial charge on any atom is 0.0897 e. The summed E-state index contributed by atoms with van der Waals surface area (Å²) in [6.45, 7) is 3.91. The summed E-state index contributed by atoms with van der Waals surface area (Å²) in [6, 6.07) is 5.60. The van der Waals surface area contributed by atoms with Crippen molar-refractivity contribution in [2.24, 2.45) is 0 Å². The van der Waals surface area contributed by atoms with Gasteiger partial charge >= 0.3 is 0 Å². The van der Waals surface area contributed by atoms with E-state index in [0.29, 0.717) is 16.3 Å². The molecule has 5 heteroatoms. The summed E-state index contributed by atoms with van der Waals surface area (Å²) in [6.07, 6.45) is 0. The van der Waals surface area contributed by atoms with Crippen LogP contribution in [0.3, 0.4) is 0 Å². The summed E-state index contributed by atoms with van der Waals surface area (Å²) in [5, 5.41) is 2.94. The second-order valence-electron chi connectivity index (χ2n) is 3.89. The minimum absolute atomic E-state index is 0.429. The molecule has 0 amide bonds. The lowest BCUT2D eigenvalue weighted by atomic mass is 10.2. The van der Waals surface area contributed by atoms with Crippen LogP contribution in [0.4, 0.5) is 5.69 Å².